The summed E-state index contributed by atoms with van der Waals surface area (Å²) >= 11 is 6.17. The number of rotatable bonds is 3. The fourth-order valence-electron chi connectivity index (χ4n) is 2.45. The molecule has 1 aromatic carbocycles. The lowest BCUT2D eigenvalue weighted by atomic mass is 10.2. The second-order valence-electron chi connectivity index (χ2n) is 5.17. The van der Waals surface area contributed by atoms with Crippen LogP contribution in [0.3, 0.4) is 0 Å². The normalized spacial score (nSPS) is 11.7. The minimum atomic E-state index is -3.76. The summed E-state index contributed by atoms with van der Waals surface area (Å²) in [6.07, 6.45) is 2.52. The third-order valence-corrected chi connectivity index (χ3v) is 5.10. The molecule has 0 N–H and O–H groups in total. The van der Waals surface area contributed by atoms with E-state index >= 15 is 0 Å². The molecule has 0 aliphatic rings. The molecular weight excluding hydrogens is 336 g/mol. The largest absolute Gasteiger partial charge is 0.287 e. The average molecular weight is 349 g/mol. The summed E-state index contributed by atoms with van der Waals surface area (Å²) in [7, 11) is -3.76. The highest BCUT2D eigenvalue weighted by atomic mass is 35.5. The van der Waals surface area contributed by atoms with Crippen molar-refractivity contribution in [3.05, 3.63) is 69.6 Å². The Hall–Kier alpha value is -2.18. The number of benzene rings is 1. The summed E-state index contributed by atoms with van der Waals surface area (Å²) < 4.78 is 25.3. The SMILES string of the molecule is CS(=O)(=O)c1c(Cl)c2cccnc2n(Cc2ccccc2)c1=O. The van der Waals surface area contributed by atoms with Crippen LogP contribution in [0.15, 0.2) is 58.4 Å². The van der Waals surface area contributed by atoms with E-state index in [4.69, 9.17) is 11.6 Å². The van der Waals surface area contributed by atoms with E-state index in [2.05, 4.69) is 4.98 Å². The maximum atomic E-state index is 12.7. The molecule has 3 rings (SSSR count). The molecule has 5 nitrogen and oxygen atoms in total. The van der Waals surface area contributed by atoms with Crippen LogP contribution in [0.2, 0.25) is 5.02 Å². The fourth-order valence-corrected chi connectivity index (χ4v) is 3.96. The lowest BCUT2D eigenvalue weighted by molar-refractivity contribution is 0.598. The van der Waals surface area contributed by atoms with E-state index in [0.717, 1.165) is 11.8 Å². The number of aromatic nitrogens is 2. The van der Waals surface area contributed by atoms with Crippen molar-refractivity contribution in [2.45, 2.75) is 11.4 Å². The molecule has 0 unspecified atom stereocenters. The first-order valence-corrected chi connectivity index (χ1v) is 9.07. The van der Waals surface area contributed by atoms with Crippen molar-refractivity contribution >= 4 is 32.5 Å². The number of hydrogen-bond donors (Lipinski definition) is 0. The van der Waals surface area contributed by atoms with Crippen LogP contribution in [0.4, 0.5) is 0 Å². The van der Waals surface area contributed by atoms with Crippen LogP contribution in [-0.4, -0.2) is 24.2 Å². The van der Waals surface area contributed by atoms with Crippen LogP contribution in [-0.2, 0) is 16.4 Å². The summed E-state index contributed by atoms with van der Waals surface area (Å²) in [6, 6.07) is 12.6. The van der Waals surface area contributed by atoms with Gasteiger partial charge in [-0.2, -0.15) is 0 Å². The molecule has 0 radical (unpaired) electrons. The van der Waals surface area contributed by atoms with Crippen LogP contribution >= 0.6 is 11.6 Å². The van der Waals surface area contributed by atoms with Crippen LogP contribution < -0.4 is 5.56 Å². The van der Waals surface area contributed by atoms with E-state index in [1.807, 2.05) is 30.3 Å². The van der Waals surface area contributed by atoms with Gasteiger partial charge in [-0.1, -0.05) is 41.9 Å². The lowest BCUT2D eigenvalue weighted by Gasteiger charge is -2.13. The van der Waals surface area contributed by atoms with Gasteiger partial charge in [-0.05, 0) is 17.7 Å². The average Bonchev–Trinajstić information content (AvgIpc) is 2.51. The van der Waals surface area contributed by atoms with E-state index in [-0.39, 0.29) is 11.6 Å². The summed E-state index contributed by atoms with van der Waals surface area (Å²) in [6.45, 7) is 0.215. The second-order valence-corrected chi connectivity index (χ2v) is 7.50. The first-order chi connectivity index (χ1) is 10.9. The molecule has 0 aliphatic carbocycles. The van der Waals surface area contributed by atoms with Gasteiger partial charge in [0.2, 0.25) is 0 Å². The highest BCUT2D eigenvalue weighted by molar-refractivity contribution is 7.90. The minimum absolute atomic E-state index is 0.0788. The van der Waals surface area contributed by atoms with Crippen LogP contribution in [0.5, 0.6) is 0 Å². The molecule has 3 aromatic rings. The summed E-state index contributed by atoms with van der Waals surface area (Å²) in [5, 5.41) is 0.357. The molecule has 0 saturated heterocycles. The predicted octanol–water partition coefficient (Wildman–Crippen LogP) is 2.50. The highest BCUT2D eigenvalue weighted by Crippen LogP contribution is 2.26. The molecule has 23 heavy (non-hydrogen) atoms. The first kappa shape index (κ1) is 15.7. The Bertz CT molecular complexity index is 1040. The molecule has 0 aliphatic heterocycles. The predicted molar refractivity (Wildman–Crippen MR) is 89.7 cm³/mol. The topological polar surface area (TPSA) is 69.0 Å². The van der Waals surface area contributed by atoms with Crippen LogP contribution in [0, 0.1) is 0 Å². The number of sulfone groups is 1. The van der Waals surface area contributed by atoms with E-state index in [1.165, 1.54) is 4.57 Å². The number of pyridine rings is 2. The number of nitrogens with zero attached hydrogens (tertiary/aromatic N) is 2. The summed E-state index contributed by atoms with van der Waals surface area (Å²) in [4.78, 5) is 16.5. The zero-order chi connectivity index (χ0) is 16.6. The van der Waals surface area contributed by atoms with Crippen molar-refractivity contribution in [3.63, 3.8) is 0 Å². The van der Waals surface area contributed by atoms with Crippen molar-refractivity contribution < 1.29 is 8.42 Å². The van der Waals surface area contributed by atoms with E-state index in [1.54, 1.807) is 18.3 Å². The van der Waals surface area contributed by atoms with E-state index in [9.17, 15) is 13.2 Å². The van der Waals surface area contributed by atoms with E-state index in [0.29, 0.717) is 11.0 Å². The Morgan fingerprint density at radius 3 is 2.48 bits per heavy atom. The number of hydrogen-bond acceptors (Lipinski definition) is 4. The summed E-state index contributed by atoms with van der Waals surface area (Å²) in [5.41, 5.74) is 0.564. The fraction of sp³-hybridized carbons (Fsp3) is 0.125. The van der Waals surface area contributed by atoms with Gasteiger partial charge in [-0.25, -0.2) is 13.4 Å². The van der Waals surface area contributed by atoms with Gasteiger partial charge in [-0.15, -0.1) is 0 Å². The van der Waals surface area contributed by atoms with Crippen LogP contribution in [0.1, 0.15) is 5.56 Å². The first-order valence-electron chi connectivity index (χ1n) is 6.80. The zero-order valence-electron chi connectivity index (χ0n) is 12.2. The smallest absolute Gasteiger partial charge is 0.272 e. The van der Waals surface area contributed by atoms with Crippen molar-refractivity contribution in [2.24, 2.45) is 0 Å². The molecular formula is C16H13ClN2O3S. The Balaban J connectivity index is 2.39. The maximum absolute atomic E-state index is 12.7. The molecule has 118 valence electrons. The number of fused-ring (bicyclic) bond motifs is 1. The maximum Gasteiger partial charge on any atom is 0.272 e. The van der Waals surface area contributed by atoms with Crippen molar-refractivity contribution in [3.8, 4) is 0 Å². The third-order valence-electron chi connectivity index (χ3n) is 3.47. The standard InChI is InChI=1S/C16H13ClN2O3S/c1-23(21,22)14-13(17)12-8-5-9-18-15(12)19(16(14)20)10-11-6-3-2-4-7-11/h2-9H,10H2,1H3. The van der Waals surface area contributed by atoms with Gasteiger partial charge in [0.05, 0.1) is 11.6 Å². The van der Waals surface area contributed by atoms with Gasteiger partial charge in [0.15, 0.2) is 14.7 Å². The lowest BCUT2D eigenvalue weighted by Crippen LogP contribution is -2.27. The third kappa shape index (κ3) is 2.87. The molecule has 7 heteroatoms. The summed E-state index contributed by atoms with van der Waals surface area (Å²) in [5.74, 6) is 0. The van der Waals surface area contributed by atoms with Crippen molar-refractivity contribution in [1.82, 2.24) is 9.55 Å². The Kier molecular flexibility index (Phi) is 3.95. The number of halogens is 1. The quantitative estimate of drug-likeness (QED) is 0.729. The molecule has 0 saturated carbocycles. The van der Waals surface area contributed by atoms with Crippen molar-refractivity contribution in [1.29, 1.82) is 0 Å². The molecule has 0 amide bonds. The van der Waals surface area contributed by atoms with Crippen LogP contribution in [0.25, 0.3) is 11.0 Å². The van der Waals surface area contributed by atoms with Gasteiger partial charge >= 0.3 is 0 Å². The Morgan fingerprint density at radius 2 is 1.83 bits per heavy atom. The zero-order valence-corrected chi connectivity index (χ0v) is 13.8. The van der Waals surface area contributed by atoms with Gasteiger partial charge in [-0.3, -0.25) is 9.36 Å². The molecule has 0 bridgehead atoms. The molecule has 0 fully saturated rings. The van der Waals surface area contributed by atoms with Crippen molar-refractivity contribution in [2.75, 3.05) is 6.26 Å². The Morgan fingerprint density at radius 1 is 1.13 bits per heavy atom. The Labute approximate surface area is 138 Å². The molecule has 2 aromatic heterocycles. The highest BCUT2D eigenvalue weighted by Gasteiger charge is 2.23. The second kappa shape index (κ2) is 5.79. The minimum Gasteiger partial charge on any atom is -0.287 e. The van der Waals surface area contributed by atoms with E-state index < -0.39 is 20.3 Å². The van der Waals surface area contributed by atoms with Gasteiger partial charge in [0.1, 0.15) is 5.65 Å². The van der Waals surface area contributed by atoms with Gasteiger partial charge in [0, 0.05) is 17.8 Å². The van der Waals surface area contributed by atoms with Gasteiger partial charge in [0.25, 0.3) is 5.56 Å². The monoisotopic (exact) mass is 348 g/mol. The molecule has 0 atom stereocenters. The van der Waals surface area contributed by atoms with Gasteiger partial charge < -0.3 is 0 Å². The molecule has 2 heterocycles. The molecule has 0 spiro atoms.